The molecular formula is C46H54BNS. The molecule has 4 aromatic carbocycles. The Morgan fingerprint density at radius 2 is 1.49 bits per heavy atom. The number of anilines is 3. The van der Waals surface area contributed by atoms with Crippen LogP contribution in [0.15, 0.2) is 60.7 Å². The van der Waals surface area contributed by atoms with Crippen molar-refractivity contribution in [3.63, 3.8) is 0 Å². The molecule has 7 rings (SSSR count). The molecule has 0 unspecified atom stereocenters. The number of thiophene rings is 1. The Morgan fingerprint density at radius 3 is 2.14 bits per heavy atom. The zero-order valence-electron chi connectivity index (χ0n) is 32.0. The summed E-state index contributed by atoms with van der Waals surface area (Å²) in [6.07, 6.45) is 4.64. The van der Waals surface area contributed by atoms with E-state index in [1.54, 1.807) is 0 Å². The number of benzene rings is 3. The maximum atomic E-state index is 3.67. The molecule has 1 aliphatic heterocycles. The second-order valence-corrected chi connectivity index (χ2v) is 19.4. The quantitative estimate of drug-likeness (QED) is 0.170. The SMILES string of the molecule is CCCc1ccc2c(c1)N(c1ccc(C(C)(C)C)cc1C)c1c(sc3c#cc(C(C)(C)C)cc13)B2c1ccc2c(c1)C(C)(C)CCC2(C)C. The molecule has 2 heterocycles. The van der Waals surface area contributed by atoms with Gasteiger partial charge in [-0.05, 0) is 99.3 Å². The van der Waals surface area contributed by atoms with Crippen molar-refractivity contribution in [2.24, 2.45) is 0 Å². The van der Waals surface area contributed by atoms with Crippen LogP contribution in [0.25, 0.3) is 10.1 Å². The number of rotatable bonds is 4. The van der Waals surface area contributed by atoms with E-state index < -0.39 is 0 Å². The van der Waals surface area contributed by atoms with Gasteiger partial charge in [-0.15, -0.1) is 11.3 Å². The minimum absolute atomic E-state index is 0.0221. The van der Waals surface area contributed by atoms with E-state index in [1.807, 2.05) is 11.3 Å². The molecule has 5 aromatic rings. The van der Waals surface area contributed by atoms with Crippen molar-refractivity contribution in [1.29, 1.82) is 0 Å². The van der Waals surface area contributed by atoms with E-state index in [0.29, 0.717) is 0 Å². The fourth-order valence-electron chi connectivity index (χ4n) is 8.29. The van der Waals surface area contributed by atoms with Gasteiger partial charge in [-0.3, -0.25) is 0 Å². The van der Waals surface area contributed by atoms with E-state index in [9.17, 15) is 0 Å². The predicted octanol–water partition coefficient (Wildman–Crippen LogP) is 11.0. The van der Waals surface area contributed by atoms with Crippen molar-refractivity contribution in [3.8, 4) is 0 Å². The van der Waals surface area contributed by atoms with Gasteiger partial charge in [0.05, 0.1) is 10.4 Å². The molecule has 2 aliphatic rings. The van der Waals surface area contributed by atoms with Gasteiger partial charge < -0.3 is 4.90 Å². The highest BCUT2D eigenvalue weighted by Crippen LogP contribution is 2.47. The summed E-state index contributed by atoms with van der Waals surface area (Å²) >= 11 is 1.92. The third kappa shape index (κ3) is 5.73. The van der Waals surface area contributed by atoms with Gasteiger partial charge in [0.2, 0.25) is 0 Å². The van der Waals surface area contributed by atoms with Crippen molar-refractivity contribution in [2.45, 2.75) is 130 Å². The summed E-state index contributed by atoms with van der Waals surface area (Å²) in [7, 11) is 0. The summed E-state index contributed by atoms with van der Waals surface area (Å²) in [5, 5.41) is 1.29. The fourth-order valence-corrected chi connectivity index (χ4v) is 9.55. The zero-order valence-corrected chi connectivity index (χ0v) is 32.9. The zero-order chi connectivity index (χ0) is 35.3. The Labute approximate surface area is 301 Å². The lowest BCUT2D eigenvalue weighted by molar-refractivity contribution is 0.332. The Hall–Kier alpha value is -3.48. The van der Waals surface area contributed by atoms with Gasteiger partial charge in [-0.1, -0.05) is 143 Å². The van der Waals surface area contributed by atoms with Crippen molar-refractivity contribution >= 4 is 60.9 Å². The predicted molar refractivity (Wildman–Crippen MR) is 217 cm³/mol. The van der Waals surface area contributed by atoms with Gasteiger partial charge >= 0.3 is 0 Å². The van der Waals surface area contributed by atoms with E-state index in [1.165, 1.54) is 89.1 Å². The first kappa shape index (κ1) is 34.0. The average Bonchev–Trinajstić information content (AvgIpc) is 3.40. The molecule has 1 aliphatic carbocycles. The molecule has 0 radical (unpaired) electrons. The molecular weight excluding hydrogens is 609 g/mol. The number of hydrogen-bond donors (Lipinski definition) is 0. The lowest BCUT2D eigenvalue weighted by atomic mass is 9.37. The molecule has 0 atom stereocenters. The van der Waals surface area contributed by atoms with Crippen LogP contribution in [0.2, 0.25) is 0 Å². The van der Waals surface area contributed by atoms with Gasteiger partial charge in [0.15, 0.2) is 0 Å². The molecule has 0 saturated heterocycles. The maximum absolute atomic E-state index is 3.67. The Bertz CT molecular complexity index is 2080. The Kier molecular flexibility index (Phi) is 8.00. The molecule has 0 N–H and O–H groups in total. The largest absolute Gasteiger partial charge is 0.310 e. The molecule has 0 fully saturated rings. The summed E-state index contributed by atoms with van der Waals surface area (Å²) in [6, 6.07) is 31.7. The molecule has 0 amide bonds. The van der Waals surface area contributed by atoms with Crippen LogP contribution in [0.1, 0.15) is 129 Å². The second kappa shape index (κ2) is 11.5. The molecule has 1 nitrogen and oxygen atoms in total. The van der Waals surface area contributed by atoms with E-state index in [0.717, 1.165) is 12.8 Å². The van der Waals surface area contributed by atoms with Gasteiger partial charge in [-0.25, -0.2) is 0 Å². The molecule has 0 bridgehead atoms. The second-order valence-electron chi connectivity index (χ2n) is 18.4. The van der Waals surface area contributed by atoms with Crippen LogP contribution in [-0.2, 0) is 28.1 Å². The highest BCUT2D eigenvalue weighted by atomic mass is 32.1. The normalized spacial score (nSPS) is 16.7. The van der Waals surface area contributed by atoms with Crippen LogP contribution in [-0.4, -0.2) is 6.71 Å². The lowest BCUT2D eigenvalue weighted by Crippen LogP contribution is -2.56. The number of aryl methyl sites for hydroxylation is 2. The summed E-state index contributed by atoms with van der Waals surface area (Å²) < 4.78 is 2.60. The van der Waals surface area contributed by atoms with E-state index in [4.69, 9.17) is 0 Å². The first-order valence-corrected chi connectivity index (χ1v) is 19.3. The van der Waals surface area contributed by atoms with Crippen molar-refractivity contribution in [2.75, 3.05) is 4.90 Å². The lowest BCUT2D eigenvalue weighted by Gasteiger charge is -2.42. The summed E-state index contributed by atoms with van der Waals surface area (Å²) in [4.78, 5) is 2.62. The van der Waals surface area contributed by atoms with Crippen LogP contribution in [0.5, 0.6) is 0 Å². The first-order chi connectivity index (χ1) is 22.9. The molecule has 3 heteroatoms. The minimum atomic E-state index is -0.0221. The van der Waals surface area contributed by atoms with Gasteiger partial charge in [0, 0.05) is 27.1 Å². The van der Waals surface area contributed by atoms with Gasteiger partial charge in [0.25, 0.3) is 6.71 Å². The fraction of sp³-hybridized carbons (Fsp3) is 0.435. The smallest absolute Gasteiger partial charge is 0.259 e. The summed E-state index contributed by atoms with van der Waals surface area (Å²) in [6.45, 7) is 28.3. The van der Waals surface area contributed by atoms with Crippen LogP contribution in [0.3, 0.4) is 0 Å². The highest BCUT2D eigenvalue weighted by molar-refractivity contribution is 7.33. The summed E-state index contributed by atoms with van der Waals surface area (Å²) in [5.74, 6) is 0. The highest BCUT2D eigenvalue weighted by Gasteiger charge is 2.42. The monoisotopic (exact) mass is 663 g/mol. The van der Waals surface area contributed by atoms with E-state index >= 15 is 0 Å². The van der Waals surface area contributed by atoms with E-state index in [2.05, 4.69) is 161 Å². The topological polar surface area (TPSA) is 3.24 Å². The molecule has 0 spiro atoms. The first-order valence-electron chi connectivity index (χ1n) is 18.5. The minimum Gasteiger partial charge on any atom is -0.310 e. The maximum Gasteiger partial charge on any atom is 0.259 e. The third-order valence-electron chi connectivity index (χ3n) is 11.5. The van der Waals surface area contributed by atoms with Crippen molar-refractivity contribution in [1.82, 2.24) is 0 Å². The van der Waals surface area contributed by atoms with Crippen LogP contribution in [0, 0.1) is 19.1 Å². The molecule has 252 valence electrons. The van der Waals surface area contributed by atoms with Crippen LogP contribution >= 0.6 is 11.3 Å². The van der Waals surface area contributed by atoms with E-state index in [-0.39, 0.29) is 28.4 Å². The third-order valence-corrected chi connectivity index (χ3v) is 12.7. The van der Waals surface area contributed by atoms with Gasteiger partial charge in [0.1, 0.15) is 0 Å². The number of hydrogen-bond acceptors (Lipinski definition) is 2. The van der Waals surface area contributed by atoms with Crippen LogP contribution < -0.4 is 20.6 Å². The van der Waals surface area contributed by atoms with Gasteiger partial charge in [-0.2, -0.15) is 0 Å². The molecule has 49 heavy (non-hydrogen) atoms. The number of nitrogens with zero attached hydrogens (tertiary/aromatic N) is 1. The summed E-state index contributed by atoms with van der Waals surface area (Å²) in [5.41, 5.74) is 15.4. The van der Waals surface area contributed by atoms with Crippen LogP contribution in [0.4, 0.5) is 17.1 Å². The molecule has 0 saturated carbocycles. The van der Waals surface area contributed by atoms with Crippen molar-refractivity contribution in [3.05, 3.63) is 106 Å². The number of fused-ring (bicyclic) bond motifs is 5. The van der Waals surface area contributed by atoms with Crippen molar-refractivity contribution < 1.29 is 0 Å². The standard InChI is InChI=1S/C46H54BNS/c1-13-14-30-15-20-37-39(26-30)48(38-21-16-31(25-29(38)2)43(3,4)5)41-34-27-32(44(6,7)8)17-22-40(34)49-42(41)47(37)33-18-19-35-36(28-33)46(11,12)24-23-45(35,9)10/h15-16,18-21,25-28H,13-14,23-24H2,1-12H3. The Morgan fingerprint density at radius 1 is 0.776 bits per heavy atom. The Balaban J connectivity index is 1.56. The average molecular weight is 664 g/mol. The molecule has 1 aromatic heterocycles.